The van der Waals surface area contributed by atoms with E-state index < -0.39 is 0 Å². The zero-order chi connectivity index (χ0) is 16.2. The number of nitrogens with zero attached hydrogens (tertiary/aromatic N) is 2. The summed E-state index contributed by atoms with van der Waals surface area (Å²) >= 11 is 0. The molecule has 1 aromatic heterocycles. The Kier molecular flexibility index (Phi) is 5.28. The van der Waals surface area contributed by atoms with Crippen molar-refractivity contribution in [3.8, 4) is 0 Å². The van der Waals surface area contributed by atoms with Gasteiger partial charge in [0, 0.05) is 18.2 Å². The van der Waals surface area contributed by atoms with Crippen molar-refractivity contribution in [3.05, 3.63) is 23.9 Å². The largest absolute Gasteiger partial charge is 0.391 e. The topological polar surface area (TPSA) is 65.5 Å². The van der Waals surface area contributed by atoms with Crippen molar-refractivity contribution in [2.45, 2.75) is 57.6 Å². The van der Waals surface area contributed by atoms with Crippen molar-refractivity contribution >= 4 is 11.7 Å². The average Bonchev–Trinajstić information content (AvgIpc) is 2.57. The van der Waals surface area contributed by atoms with Gasteiger partial charge >= 0.3 is 0 Å². The Morgan fingerprint density at radius 2 is 1.96 bits per heavy atom. The standard InChI is InChI=1S/C18H27N3O2/c1-13-6-7-17(19-12-13)20-18(23)14-8-10-21(11-9-14)15-4-2-3-5-16(15)22/h6-7,12,14-16,22H,2-5,8-11H2,1H3,(H,19,20,23). The predicted octanol–water partition coefficient (Wildman–Crippen LogP) is 2.34. The Hall–Kier alpha value is -1.46. The highest BCUT2D eigenvalue weighted by molar-refractivity contribution is 5.91. The molecule has 2 unspecified atom stereocenters. The third kappa shape index (κ3) is 4.09. The van der Waals surface area contributed by atoms with Gasteiger partial charge in [-0.05, 0) is 57.3 Å². The van der Waals surface area contributed by atoms with E-state index in [0.717, 1.165) is 50.8 Å². The molecule has 2 atom stereocenters. The minimum absolute atomic E-state index is 0.0510. The molecule has 1 aliphatic heterocycles. The van der Waals surface area contributed by atoms with E-state index in [4.69, 9.17) is 0 Å². The number of amides is 1. The van der Waals surface area contributed by atoms with Crippen LogP contribution in [0.25, 0.3) is 0 Å². The fourth-order valence-electron chi connectivity index (χ4n) is 3.78. The molecule has 2 fully saturated rings. The SMILES string of the molecule is Cc1ccc(NC(=O)C2CCN(C3CCCCC3O)CC2)nc1. The van der Waals surface area contributed by atoms with Crippen LogP contribution in [0.5, 0.6) is 0 Å². The van der Waals surface area contributed by atoms with Gasteiger partial charge in [-0.2, -0.15) is 0 Å². The van der Waals surface area contributed by atoms with Gasteiger partial charge in [0.2, 0.25) is 5.91 Å². The van der Waals surface area contributed by atoms with Crippen molar-refractivity contribution in [3.63, 3.8) is 0 Å². The third-order valence-electron chi connectivity index (χ3n) is 5.23. The molecule has 0 spiro atoms. The number of piperidine rings is 1. The molecule has 0 aromatic carbocycles. The minimum atomic E-state index is -0.189. The van der Waals surface area contributed by atoms with Crippen molar-refractivity contribution in [2.24, 2.45) is 5.92 Å². The Balaban J connectivity index is 1.50. The molecule has 2 N–H and O–H groups in total. The van der Waals surface area contributed by atoms with Crippen molar-refractivity contribution in [2.75, 3.05) is 18.4 Å². The van der Waals surface area contributed by atoms with E-state index >= 15 is 0 Å². The van der Waals surface area contributed by atoms with E-state index in [2.05, 4.69) is 15.2 Å². The first-order chi connectivity index (χ1) is 11.1. The summed E-state index contributed by atoms with van der Waals surface area (Å²) in [5.74, 6) is 0.756. The highest BCUT2D eigenvalue weighted by atomic mass is 16.3. The van der Waals surface area contributed by atoms with Crippen LogP contribution in [0.4, 0.5) is 5.82 Å². The van der Waals surface area contributed by atoms with Crippen LogP contribution < -0.4 is 5.32 Å². The number of hydrogen-bond acceptors (Lipinski definition) is 4. The molecule has 5 nitrogen and oxygen atoms in total. The van der Waals surface area contributed by atoms with Crippen LogP contribution in [0.2, 0.25) is 0 Å². The van der Waals surface area contributed by atoms with Gasteiger partial charge in [0.1, 0.15) is 5.82 Å². The Bertz CT molecular complexity index is 524. The average molecular weight is 317 g/mol. The Morgan fingerprint density at radius 3 is 2.61 bits per heavy atom. The van der Waals surface area contributed by atoms with Crippen LogP contribution in [-0.4, -0.2) is 46.1 Å². The van der Waals surface area contributed by atoms with Crippen molar-refractivity contribution in [1.82, 2.24) is 9.88 Å². The summed E-state index contributed by atoms with van der Waals surface area (Å²) in [5, 5.41) is 13.1. The maximum Gasteiger partial charge on any atom is 0.228 e. The Morgan fingerprint density at radius 1 is 1.22 bits per heavy atom. The smallest absolute Gasteiger partial charge is 0.228 e. The lowest BCUT2D eigenvalue weighted by Crippen LogP contribution is -2.49. The second-order valence-corrected chi connectivity index (χ2v) is 6.94. The van der Waals surface area contributed by atoms with Gasteiger partial charge in [-0.15, -0.1) is 0 Å². The number of nitrogens with one attached hydrogen (secondary N) is 1. The predicted molar refractivity (Wildman–Crippen MR) is 90.2 cm³/mol. The number of aliphatic hydroxyl groups is 1. The van der Waals surface area contributed by atoms with Crippen molar-refractivity contribution in [1.29, 1.82) is 0 Å². The molecule has 1 amide bonds. The van der Waals surface area contributed by atoms with Crippen molar-refractivity contribution < 1.29 is 9.90 Å². The number of rotatable bonds is 3. The number of hydrogen-bond donors (Lipinski definition) is 2. The molecule has 23 heavy (non-hydrogen) atoms. The molecule has 2 aliphatic rings. The monoisotopic (exact) mass is 317 g/mol. The molecule has 0 bridgehead atoms. The lowest BCUT2D eigenvalue weighted by atomic mass is 9.88. The van der Waals surface area contributed by atoms with Crippen LogP contribution >= 0.6 is 0 Å². The second kappa shape index (κ2) is 7.41. The highest BCUT2D eigenvalue weighted by Crippen LogP contribution is 2.28. The van der Waals surface area contributed by atoms with E-state index in [1.807, 2.05) is 19.1 Å². The highest BCUT2D eigenvalue weighted by Gasteiger charge is 2.33. The number of aliphatic hydroxyl groups excluding tert-OH is 1. The third-order valence-corrected chi connectivity index (χ3v) is 5.23. The normalized spacial score (nSPS) is 26.9. The fourth-order valence-corrected chi connectivity index (χ4v) is 3.78. The molecular weight excluding hydrogens is 290 g/mol. The summed E-state index contributed by atoms with van der Waals surface area (Å²) in [4.78, 5) is 19.0. The number of pyridine rings is 1. The summed E-state index contributed by atoms with van der Waals surface area (Å²) in [6, 6.07) is 4.10. The zero-order valence-electron chi connectivity index (χ0n) is 13.9. The Labute approximate surface area is 138 Å². The van der Waals surface area contributed by atoms with E-state index in [-0.39, 0.29) is 17.9 Å². The van der Waals surface area contributed by atoms with Crippen LogP contribution in [0, 0.1) is 12.8 Å². The molecule has 2 heterocycles. The summed E-state index contributed by atoms with van der Waals surface area (Å²) in [5.41, 5.74) is 1.09. The first-order valence-electron chi connectivity index (χ1n) is 8.79. The maximum absolute atomic E-state index is 12.4. The second-order valence-electron chi connectivity index (χ2n) is 6.94. The van der Waals surface area contributed by atoms with Gasteiger partial charge in [0.25, 0.3) is 0 Å². The number of aryl methyl sites for hydroxylation is 1. The van der Waals surface area contributed by atoms with E-state index in [9.17, 15) is 9.90 Å². The zero-order valence-corrected chi connectivity index (χ0v) is 13.9. The van der Waals surface area contributed by atoms with Gasteiger partial charge in [0.05, 0.1) is 6.10 Å². The van der Waals surface area contributed by atoms with Gasteiger partial charge in [-0.25, -0.2) is 4.98 Å². The summed E-state index contributed by atoms with van der Waals surface area (Å²) < 4.78 is 0. The molecular formula is C18H27N3O2. The van der Waals surface area contributed by atoms with Gasteiger partial charge in [-0.1, -0.05) is 18.9 Å². The lowest BCUT2D eigenvalue weighted by Gasteiger charge is -2.41. The first-order valence-corrected chi connectivity index (χ1v) is 8.79. The van der Waals surface area contributed by atoms with Crippen LogP contribution in [0.1, 0.15) is 44.1 Å². The van der Waals surface area contributed by atoms with E-state index in [1.165, 1.54) is 6.42 Å². The van der Waals surface area contributed by atoms with Crippen LogP contribution in [0.15, 0.2) is 18.3 Å². The van der Waals surface area contributed by atoms with E-state index in [0.29, 0.717) is 11.9 Å². The van der Waals surface area contributed by atoms with Gasteiger partial charge in [-0.3, -0.25) is 9.69 Å². The van der Waals surface area contributed by atoms with E-state index in [1.54, 1.807) is 6.20 Å². The summed E-state index contributed by atoms with van der Waals surface area (Å²) in [7, 11) is 0. The molecule has 126 valence electrons. The maximum atomic E-state index is 12.4. The minimum Gasteiger partial charge on any atom is -0.391 e. The number of aromatic nitrogens is 1. The molecule has 1 aromatic rings. The number of carbonyl (C=O) groups excluding carboxylic acids is 1. The molecule has 3 rings (SSSR count). The fraction of sp³-hybridized carbons (Fsp3) is 0.667. The molecule has 1 aliphatic carbocycles. The molecule has 0 radical (unpaired) electrons. The molecule has 1 saturated carbocycles. The summed E-state index contributed by atoms with van der Waals surface area (Å²) in [6.07, 6.45) is 7.66. The number of anilines is 1. The van der Waals surface area contributed by atoms with Gasteiger partial charge in [0.15, 0.2) is 0 Å². The lowest BCUT2D eigenvalue weighted by molar-refractivity contribution is -0.121. The number of carbonyl (C=O) groups is 1. The quantitative estimate of drug-likeness (QED) is 0.898. The molecule has 5 heteroatoms. The van der Waals surface area contributed by atoms with Crippen LogP contribution in [-0.2, 0) is 4.79 Å². The van der Waals surface area contributed by atoms with Crippen LogP contribution in [0.3, 0.4) is 0 Å². The summed E-state index contributed by atoms with van der Waals surface area (Å²) in [6.45, 7) is 3.79. The first kappa shape index (κ1) is 16.4. The van der Waals surface area contributed by atoms with Gasteiger partial charge < -0.3 is 10.4 Å². The number of likely N-dealkylation sites (tertiary alicyclic amines) is 1. The molecule has 1 saturated heterocycles.